The number of carbonyl (C=O) groups excluding carboxylic acids is 1. The van der Waals surface area contributed by atoms with E-state index in [0.29, 0.717) is 31.3 Å². The van der Waals surface area contributed by atoms with E-state index in [2.05, 4.69) is 10.6 Å². The highest BCUT2D eigenvalue weighted by Gasteiger charge is 2.29. The highest BCUT2D eigenvalue weighted by molar-refractivity contribution is 5.76. The topological polar surface area (TPSA) is 59.6 Å². The van der Waals surface area contributed by atoms with Crippen LogP contribution < -0.4 is 10.6 Å². The van der Waals surface area contributed by atoms with Crippen molar-refractivity contribution >= 4 is 5.91 Å². The van der Waals surface area contributed by atoms with Crippen LogP contribution in [-0.4, -0.2) is 51.0 Å². The molecule has 0 atom stereocenters. The standard InChI is InChI=1S/C13H24N2O3/c1-17-12-8-10(9-12)15-13(16)4-7-18-11-2-5-14-6-3-11/h10-12,14H,2-9H2,1H3,(H,15,16). The molecular weight excluding hydrogens is 232 g/mol. The maximum atomic E-state index is 11.6. The molecule has 104 valence electrons. The molecule has 5 heteroatoms. The number of hydrogen-bond acceptors (Lipinski definition) is 4. The van der Waals surface area contributed by atoms with E-state index in [-0.39, 0.29) is 5.91 Å². The van der Waals surface area contributed by atoms with Gasteiger partial charge in [0.25, 0.3) is 0 Å². The van der Waals surface area contributed by atoms with E-state index in [4.69, 9.17) is 9.47 Å². The van der Waals surface area contributed by atoms with E-state index in [1.165, 1.54) is 0 Å². The first-order valence-electron chi connectivity index (χ1n) is 6.92. The molecule has 0 spiro atoms. The SMILES string of the molecule is COC1CC(NC(=O)CCOC2CCNCC2)C1. The van der Waals surface area contributed by atoms with Gasteiger partial charge in [-0.25, -0.2) is 0 Å². The molecule has 2 aliphatic rings. The number of carbonyl (C=O) groups is 1. The minimum atomic E-state index is 0.100. The Labute approximate surface area is 109 Å². The van der Waals surface area contributed by atoms with Crippen LogP contribution in [0.25, 0.3) is 0 Å². The monoisotopic (exact) mass is 256 g/mol. The van der Waals surface area contributed by atoms with E-state index in [9.17, 15) is 4.79 Å². The van der Waals surface area contributed by atoms with Gasteiger partial charge in [-0.2, -0.15) is 0 Å². The second-order valence-electron chi connectivity index (χ2n) is 5.16. The lowest BCUT2D eigenvalue weighted by Crippen LogP contribution is -2.47. The number of amides is 1. The van der Waals surface area contributed by atoms with Crippen LogP contribution in [0.15, 0.2) is 0 Å². The fourth-order valence-corrected chi connectivity index (χ4v) is 2.46. The van der Waals surface area contributed by atoms with E-state index < -0.39 is 0 Å². The number of hydrogen-bond donors (Lipinski definition) is 2. The molecule has 1 saturated heterocycles. The van der Waals surface area contributed by atoms with Crippen LogP contribution in [0.2, 0.25) is 0 Å². The third kappa shape index (κ3) is 4.23. The minimum absolute atomic E-state index is 0.100. The fourth-order valence-electron chi connectivity index (χ4n) is 2.46. The summed E-state index contributed by atoms with van der Waals surface area (Å²) in [7, 11) is 1.72. The zero-order valence-corrected chi connectivity index (χ0v) is 11.1. The van der Waals surface area contributed by atoms with Gasteiger partial charge in [0.1, 0.15) is 0 Å². The second kappa shape index (κ2) is 7.07. The van der Waals surface area contributed by atoms with Crippen molar-refractivity contribution in [1.29, 1.82) is 0 Å². The van der Waals surface area contributed by atoms with Crippen molar-refractivity contribution in [2.45, 2.75) is 50.4 Å². The molecule has 0 aromatic rings. The maximum absolute atomic E-state index is 11.6. The Morgan fingerprint density at radius 2 is 2.00 bits per heavy atom. The summed E-state index contributed by atoms with van der Waals surface area (Å²) >= 11 is 0. The Morgan fingerprint density at radius 1 is 1.28 bits per heavy atom. The van der Waals surface area contributed by atoms with Crippen molar-refractivity contribution in [2.24, 2.45) is 0 Å². The lowest BCUT2D eigenvalue weighted by Gasteiger charge is -2.34. The van der Waals surface area contributed by atoms with Crippen LogP contribution in [0.3, 0.4) is 0 Å². The van der Waals surface area contributed by atoms with Gasteiger partial charge in [-0.1, -0.05) is 0 Å². The van der Waals surface area contributed by atoms with Gasteiger partial charge >= 0.3 is 0 Å². The molecule has 1 aliphatic heterocycles. The van der Waals surface area contributed by atoms with Crippen LogP contribution in [0.1, 0.15) is 32.1 Å². The summed E-state index contributed by atoms with van der Waals surface area (Å²) in [5, 5.41) is 6.30. The van der Waals surface area contributed by atoms with Crippen molar-refractivity contribution in [3.63, 3.8) is 0 Å². The average Bonchev–Trinajstić information content (AvgIpc) is 2.34. The van der Waals surface area contributed by atoms with Gasteiger partial charge in [0.05, 0.1) is 18.8 Å². The molecule has 0 aromatic heterocycles. The number of nitrogens with one attached hydrogen (secondary N) is 2. The van der Waals surface area contributed by atoms with Crippen molar-refractivity contribution < 1.29 is 14.3 Å². The maximum Gasteiger partial charge on any atom is 0.222 e. The normalized spacial score (nSPS) is 28.7. The predicted octanol–water partition coefficient (Wildman–Crippen LogP) is 0.439. The lowest BCUT2D eigenvalue weighted by atomic mass is 9.89. The van der Waals surface area contributed by atoms with Crippen LogP contribution in [-0.2, 0) is 14.3 Å². The smallest absolute Gasteiger partial charge is 0.222 e. The van der Waals surface area contributed by atoms with E-state index in [0.717, 1.165) is 38.8 Å². The summed E-state index contributed by atoms with van der Waals surface area (Å²) in [6.07, 6.45) is 5.13. The molecule has 0 unspecified atom stereocenters. The predicted molar refractivity (Wildman–Crippen MR) is 68.4 cm³/mol. The zero-order valence-electron chi connectivity index (χ0n) is 11.1. The minimum Gasteiger partial charge on any atom is -0.381 e. The highest BCUT2D eigenvalue weighted by Crippen LogP contribution is 2.22. The van der Waals surface area contributed by atoms with Crippen molar-refractivity contribution in [3.05, 3.63) is 0 Å². The summed E-state index contributed by atoms with van der Waals surface area (Å²) in [6, 6.07) is 0.307. The van der Waals surface area contributed by atoms with E-state index in [1.807, 2.05) is 0 Å². The van der Waals surface area contributed by atoms with Crippen LogP contribution >= 0.6 is 0 Å². The number of methoxy groups -OCH3 is 1. The molecule has 2 fully saturated rings. The van der Waals surface area contributed by atoms with Crippen molar-refractivity contribution in [3.8, 4) is 0 Å². The Kier molecular flexibility index (Phi) is 5.41. The van der Waals surface area contributed by atoms with Gasteiger partial charge in [0.2, 0.25) is 5.91 Å². The Hall–Kier alpha value is -0.650. The molecular formula is C13H24N2O3. The largest absolute Gasteiger partial charge is 0.381 e. The summed E-state index contributed by atoms with van der Waals surface area (Å²) < 4.78 is 10.9. The molecule has 1 aliphatic carbocycles. The first-order valence-corrected chi connectivity index (χ1v) is 6.92. The van der Waals surface area contributed by atoms with Gasteiger partial charge in [0.15, 0.2) is 0 Å². The number of piperidine rings is 1. The number of rotatable bonds is 6. The van der Waals surface area contributed by atoms with Gasteiger partial charge in [-0.15, -0.1) is 0 Å². The molecule has 0 bridgehead atoms. The number of ether oxygens (including phenoxy) is 2. The Morgan fingerprint density at radius 3 is 2.67 bits per heavy atom. The summed E-state index contributed by atoms with van der Waals surface area (Å²) in [5.74, 6) is 0.100. The Balaban J connectivity index is 1.49. The van der Waals surface area contributed by atoms with Crippen molar-refractivity contribution in [2.75, 3.05) is 26.8 Å². The lowest BCUT2D eigenvalue weighted by molar-refractivity contribution is -0.125. The fraction of sp³-hybridized carbons (Fsp3) is 0.923. The summed E-state index contributed by atoms with van der Waals surface area (Å²) in [4.78, 5) is 11.6. The third-order valence-electron chi connectivity index (χ3n) is 3.76. The highest BCUT2D eigenvalue weighted by atomic mass is 16.5. The molecule has 18 heavy (non-hydrogen) atoms. The van der Waals surface area contributed by atoms with Gasteiger partial charge < -0.3 is 20.1 Å². The third-order valence-corrected chi connectivity index (χ3v) is 3.76. The molecule has 0 radical (unpaired) electrons. The first kappa shape index (κ1) is 13.8. The molecule has 2 N–H and O–H groups in total. The van der Waals surface area contributed by atoms with Gasteiger partial charge in [-0.3, -0.25) is 4.79 Å². The van der Waals surface area contributed by atoms with Crippen molar-refractivity contribution in [1.82, 2.24) is 10.6 Å². The molecule has 5 nitrogen and oxygen atoms in total. The van der Waals surface area contributed by atoms with E-state index >= 15 is 0 Å². The summed E-state index contributed by atoms with van der Waals surface area (Å²) in [6.45, 7) is 2.59. The molecule has 0 aromatic carbocycles. The van der Waals surface area contributed by atoms with Crippen LogP contribution in [0, 0.1) is 0 Å². The molecule has 2 rings (SSSR count). The van der Waals surface area contributed by atoms with Gasteiger partial charge in [0, 0.05) is 19.6 Å². The first-order chi connectivity index (χ1) is 8.78. The van der Waals surface area contributed by atoms with Gasteiger partial charge in [-0.05, 0) is 38.8 Å². The molecule has 1 heterocycles. The van der Waals surface area contributed by atoms with Crippen LogP contribution in [0.5, 0.6) is 0 Å². The zero-order chi connectivity index (χ0) is 12.8. The van der Waals surface area contributed by atoms with Crippen LogP contribution in [0.4, 0.5) is 0 Å². The second-order valence-corrected chi connectivity index (χ2v) is 5.16. The summed E-state index contributed by atoms with van der Waals surface area (Å²) in [5.41, 5.74) is 0. The van der Waals surface area contributed by atoms with E-state index in [1.54, 1.807) is 7.11 Å². The molecule has 1 amide bonds. The molecule has 1 saturated carbocycles. The quantitative estimate of drug-likeness (QED) is 0.724. The average molecular weight is 256 g/mol. The Bertz CT molecular complexity index is 261.